The maximum Gasteiger partial charge on any atom is 0.264 e. The number of rotatable bonds is 2. The van der Waals surface area contributed by atoms with Crippen LogP contribution >= 0.6 is 11.8 Å². The lowest BCUT2D eigenvalue weighted by Gasteiger charge is -2.41. The number of hydrogen-bond donors (Lipinski definition) is 1. The summed E-state index contributed by atoms with van der Waals surface area (Å²) in [7, 11) is 0. The Balaban J connectivity index is 1.01. The van der Waals surface area contributed by atoms with E-state index in [9.17, 15) is 19.5 Å². The quantitative estimate of drug-likeness (QED) is 0.613. The number of likely N-dealkylation sites (tertiary alicyclic amines) is 2. The third kappa shape index (κ3) is 3.06. The third-order valence-electron chi connectivity index (χ3n) is 10.3. The summed E-state index contributed by atoms with van der Waals surface area (Å²) in [4.78, 5) is 44.7. The zero-order valence-electron chi connectivity index (χ0n) is 21.7. The molecule has 1 aromatic rings. The van der Waals surface area contributed by atoms with E-state index in [4.69, 9.17) is 0 Å². The van der Waals surface area contributed by atoms with Gasteiger partial charge in [0.25, 0.3) is 5.91 Å². The van der Waals surface area contributed by atoms with Crippen molar-refractivity contribution in [2.24, 2.45) is 23.2 Å². The van der Waals surface area contributed by atoms with Gasteiger partial charge in [-0.1, -0.05) is 54.6 Å². The van der Waals surface area contributed by atoms with Gasteiger partial charge in [0, 0.05) is 52.9 Å². The Bertz CT molecular complexity index is 1520. The second-order valence-electron chi connectivity index (χ2n) is 12.2. The molecule has 4 aliphatic carbocycles. The minimum Gasteiger partial charge on any atom is -0.388 e. The molecule has 3 heterocycles. The smallest absolute Gasteiger partial charge is 0.264 e. The van der Waals surface area contributed by atoms with Crippen LogP contribution in [0.2, 0.25) is 0 Å². The predicted octanol–water partition coefficient (Wildman–Crippen LogP) is 4.11. The first-order valence-electron chi connectivity index (χ1n) is 13.9. The highest BCUT2D eigenvalue weighted by Crippen LogP contribution is 2.72. The molecule has 2 amide bonds. The largest absolute Gasteiger partial charge is 0.388 e. The number of hydrogen-bond acceptors (Lipinski definition) is 5. The number of aliphatic hydroxyl groups is 1. The van der Waals surface area contributed by atoms with Crippen LogP contribution in [-0.2, 0) is 15.0 Å². The molecular weight excluding hydrogens is 508 g/mol. The molecule has 198 valence electrons. The Labute approximate surface area is 231 Å². The minimum absolute atomic E-state index is 0.0325. The molecule has 39 heavy (non-hydrogen) atoms. The van der Waals surface area contributed by atoms with E-state index in [0.717, 1.165) is 29.8 Å². The van der Waals surface area contributed by atoms with Gasteiger partial charge in [-0.05, 0) is 49.7 Å². The molecular formula is C32H30N2O4S. The van der Waals surface area contributed by atoms with Crippen molar-refractivity contribution in [3.63, 3.8) is 0 Å². The van der Waals surface area contributed by atoms with Crippen LogP contribution in [0.4, 0.5) is 0 Å². The molecule has 7 atom stereocenters. The fourth-order valence-corrected chi connectivity index (χ4v) is 9.40. The topological polar surface area (TPSA) is 77.9 Å². The lowest BCUT2D eigenvalue weighted by Crippen LogP contribution is -2.43. The minimum atomic E-state index is -0.598. The van der Waals surface area contributed by atoms with Crippen LogP contribution in [0.3, 0.4) is 0 Å². The lowest BCUT2D eigenvalue weighted by molar-refractivity contribution is -0.128. The summed E-state index contributed by atoms with van der Waals surface area (Å²) in [6, 6.07) is 7.69. The monoisotopic (exact) mass is 538 g/mol. The molecule has 6 nitrogen and oxygen atoms in total. The van der Waals surface area contributed by atoms with E-state index >= 15 is 0 Å². The fourth-order valence-electron chi connectivity index (χ4n) is 8.27. The highest BCUT2D eigenvalue weighted by molar-refractivity contribution is 8.05. The molecule has 1 spiro atoms. The zero-order chi connectivity index (χ0) is 26.7. The van der Waals surface area contributed by atoms with E-state index in [1.54, 1.807) is 11.0 Å². The van der Waals surface area contributed by atoms with Gasteiger partial charge in [-0.15, -0.1) is 11.8 Å². The number of carbonyl (C=O) groups excluding carboxylic acids is 3. The molecule has 5 unspecified atom stereocenters. The van der Waals surface area contributed by atoms with E-state index in [2.05, 4.69) is 25.2 Å². The molecule has 0 radical (unpaired) electrons. The summed E-state index contributed by atoms with van der Waals surface area (Å²) in [5.41, 5.74) is 3.04. The van der Waals surface area contributed by atoms with Crippen molar-refractivity contribution in [3.8, 4) is 0 Å². The summed E-state index contributed by atoms with van der Waals surface area (Å²) in [6.07, 6.45) is 15.6. The van der Waals surface area contributed by atoms with Gasteiger partial charge >= 0.3 is 0 Å². The predicted molar refractivity (Wildman–Crippen MR) is 148 cm³/mol. The number of ketones is 1. The number of carbonyl (C=O) groups is 3. The van der Waals surface area contributed by atoms with Crippen molar-refractivity contribution in [2.45, 2.75) is 43.0 Å². The van der Waals surface area contributed by atoms with E-state index in [1.165, 1.54) is 11.8 Å². The average molecular weight is 539 g/mol. The number of allylic oxidation sites excluding steroid dienone is 7. The van der Waals surface area contributed by atoms with Gasteiger partial charge < -0.3 is 14.9 Å². The van der Waals surface area contributed by atoms with Crippen molar-refractivity contribution in [3.05, 3.63) is 94.2 Å². The van der Waals surface area contributed by atoms with Crippen molar-refractivity contribution >= 4 is 29.4 Å². The Kier molecular flexibility index (Phi) is 4.83. The fraction of sp³-hybridized carbons (Fsp3) is 0.406. The van der Waals surface area contributed by atoms with Gasteiger partial charge in [0.1, 0.15) is 0 Å². The number of piperidine rings is 1. The molecule has 1 N–H and O–H groups in total. The van der Waals surface area contributed by atoms with Crippen LogP contribution in [0.1, 0.15) is 42.1 Å². The first-order chi connectivity index (χ1) is 18.8. The van der Waals surface area contributed by atoms with Crippen molar-refractivity contribution in [1.29, 1.82) is 0 Å². The molecule has 0 aromatic heterocycles. The molecule has 2 saturated heterocycles. The number of thioether (sulfide) groups is 1. The number of nitrogens with zero attached hydrogens (tertiary/aromatic N) is 2. The van der Waals surface area contributed by atoms with Gasteiger partial charge in [-0.25, -0.2) is 0 Å². The average Bonchev–Trinajstić information content (AvgIpc) is 3.25. The van der Waals surface area contributed by atoms with Crippen LogP contribution in [-0.4, -0.2) is 56.9 Å². The van der Waals surface area contributed by atoms with Gasteiger partial charge in [-0.2, -0.15) is 0 Å². The molecule has 0 bridgehead atoms. The SMILES string of the molecule is C[C@]12CCN(C(=O)C3=CCC(C(=O)N4CC5C[C@@]56C4=CC(O)C4C=CC=CC46)S3)C1=CC(=O)c1ccccc12. The van der Waals surface area contributed by atoms with E-state index in [1.807, 2.05) is 47.4 Å². The van der Waals surface area contributed by atoms with Crippen LogP contribution in [0.25, 0.3) is 0 Å². The highest BCUT2D eigenvalue weighted by Gasteiger charge is 2.70. The Morgan fingerprint density at radius 3 is 2.79 bits per heavy atom. The molecule has 7 heteroatoms. The lowest BCUT2D eigenvalue weighted by atomic mass is 9.68. The first kappa shape index (κ1) is 23.7. The Morgan fingerprint density at radius 2 is 1.92 bits per heavy atom. The van der Waals surface area contributed by atoms with Crippen molar-refractivity contribution in [2.75, 3.05) is 13.1 Å². The van der Waals surface area contributed by atoms with Gasteiger partial charge in [0.15, 0.2) is 5.78 Å². The molecule has 1 aromatic carbocycles. The van der Waals surface area contributed by atoms with Gasteiger partial charge in [-0.3, -0.25) is 14.4 Å². The van der Waals surface area contributed by atoms with Crippen LogP contribution in [0.5, 0.6) is 0 Å². The second-order valence-corrected chi connectivity index (χ2v) is 13.4. The Hall–Kier alpha value is -3.16. The molecule has 8 rings (SSSR count). The standard InChI is InChI=1S/C32H30N2O4S/c1-31-12-13-33(27(31)14-23(35)19-6-2-4-8-21(19)31)29(37)25-10-11-26(39-25)30(38)34-17-18-16-32(18)22-9-5-3-7-20(22)24(36)15-28(32)34/h2-10,14-15,18,20,22,24,26,36H,11-13,16-17H2,1H3/t18?,20?,22?,24?,26?,31-,32-/m1/s1. The number of fused-ring (bicyclic) bond motifs is 4. The maximum atomic E-state index is 13.8. The molecule has 3 fully saturated rings. The Morgan fingerprint density at radius 1 is 1.10 bits per heavy atom. The first-order valence-corrected chi connectivity index (χ1v) is 14.8. The summed E-state index contributed by atoms with van der Waals surface area (Å²) in [5, 5.41) is 10.5. The van der Waals surface area contributed by atoms with Gasteiger partial charge in [0.05, 0.1) is 16.3 Å². The summed E-state index contributed by atoms with van der Waals surface area (Å²) >= 11 is 1.35. The molecule has 7 aliphatic rings. The molecule has 3 aliphatic heterocycles. The third-order valence-corrected chi connectivity index (χ3v) is 11.6. The zero-order valence-corrected chi connectivity index (χ0v) is 22.6. The normalized spacial score (nSPS) is 38.8. The highest BCUT2D eigenvalue weighted by atomic mass is 32.2. The van der Waals surface area contributed by atoms with E-state index < -0.39 is 6.10 Å². The van der Waals surface area contributed by atoms with Gasteiger partial charge in [0.2, 0.25) is 5.91 Å². The number of benzene rings is 1. The van der Waals surface area contributed by atoms with Crippen molar-refractivity contribution in [1.82, 2.24) is 9.80 Å². The van der Waals surface area contributed by atoms with E-state index in [0.29, 0.717) is 35.9 Å². The van der Waals surface area contributed by atoms with E-state index in [-0.39, 0.29) is 45.5 Å². The maximum absolute atomic E-state index is 13.8. The van der Waals surface area contributed by atoms with Crippen LogP contribution in [0, 0.1) is 23.2 Å². The second kappa shape index (κ2) is 7.95. The van der Waals surface area contributed by atoms with Crippen LogP contribution < -0.4 is 0 Å². The summed E-state index contributed by atoms with van der Waals surface area (Å²) in [5.74, 6) is 0.592. The van der Waals surface area contributed by atoms with Crippen molar-refractivity contribution < 1.29 is 19.5 Å². The number of amides is 2. The summed E-state index contributed by atoms with van der Waals surface area (Å²) in [6.45, 7) is 3.35. The van der Waals surface area contributed by atoms with Crippen LogP contribution in [0.15, 0.2) is 83.1 Å². The summed E-state index contributed by atoms with van der Waals surface area (Å²) < 4.78 is 0. The number of aliphatic hydroxyl groups excluding tert-OH is 1. The molecule has 1 saturated carbocycles.